The molecule has 0 aliphatic carbocycles. The normalized spacial score (nSPS) is 11.9. The van der Waals surface area contributed by atoms with E-state index in [0.29, 0.717) is 29.4 Å². The van der Waals surface area contributed by atoms with Crippen LogP contribution in [0.15, 0.2) is 30.3 Å². The third-order valence-electron chi connectivity index (χ3n) is 3.77. The zero-order valence-electron chi connectivity index (χ0n) is 14.2. The minimum atomic E-state index is -0.590. The highest BCUT2D eigenvalue weighted by molar-refractivity contribution is 5.53. The van der Waals surface area contributed by atoms with Gasteiger partial charge in [-0.15, -0.1) is 0 Å². The van der Waals surface area contributed by atoms with Crippen LogP contribution in [0.25, 0.3) is 0 Å². The summed E-state index contributed by atoms with van der Waals surface area (Å²) in [6.07, 6.45) is 0. The molecule has 2 rings (SSSR count). The van der Waals surface area contributed by atoms with Gasteiger partial charge in [0.2, 0.25) is 5.75 Å². The molecule has 0 fully saturated rings. The highest BCUT2D eigenvalue weighted by Gasteiger charge is 2.15. The summed E-state index contributed by atoms with van der Waals surface area (Å²) in [6, 6.07) is 6.93. The number of rotatable bonds is 7. The average Bonchev–Trinajstić information content (AvgIpc) is 2.58. The number of halogens is 2. The van der Waals surface area contributed by atoms with Gasteiger partial charge in [-0.1, -0.05) is 6.07 Å². The lowest BCUT2D eigenvalue weighted by Crippen LogP contribution is -2.19. The Balaban J connectivity index is 2.16. The maximum absolute atomic E-state index is 13.8. The molecule has 130 valence electrons. The zero-order valence-corrected chi connectivity index (χ0v) is 14.2. The van der Waals surface area contributed by atoms with E-state index < -0.39 is 11.6 Å². The summed E-state index contributed by atoms with van der Waals surface area (Å²) in [5.74, 6) is 0.456. The molecule has 1 atom stereocenters. The third kappa shape index (κ3) is 3.94. The molecule has 0 saturated carbocycles. The van der Waals surface area contributed by atoms with Crippen LogP contribution in [0.2, 0.25) is 0 Å². The first-order valence-electron chi connectivity index (χ1n) is 7.47. The van der Waals surface area contributed by atoms with Gasteiger partial charge in [-0.3, -0.25) is 0 Å². The molecule has 24 heavy (non-hydrogen) atoms. The van der Waals surface area contributed by atoms with Crippen molar-refractivity contribution in [1.29, 1.82) is 0 Å². The molecule has 0 unspecified atom stereocenters. The van der Waals surface area contributed by atoms with Gasteiger partial charge in [-0.05, 0) is 30.7 Å². The molecule has 0 aromatic heterocycles. The van der Waals surface area contributed by atoms with Gasteiger partial charge < -0.3 is 19.5 Å². The SMILES string of the molecule is COc1cc(CN[C@H](C)c2ccc(F)cc2F)cc(OC)c1OC. The highest BCUT2D eigenvalue weighted by atomic mass is 19.1. The lowest BCUT2D eigenvalue weighted by atomic mass is 10.1. The van der Waals surface area contributed by atoms with Gasteiger partial charge in [0.15, 0.2) is 11.5 Å². The Morgan fingerprint density at radius 3 is 2.08 bits per heavy atom. The standard InChI is InChI=1S/C18H21F2NO3/c1-11(14-6-5-13(19)9-15(14)20)21-10-12-7-16(22-2)18(24-4)17(8-12)23-3/h5-9,11,21H,10H2,1-4H3/t11-/m1/s1. The maximum Gasteiger partial charge on any atom is 0.203 e. The van der Waals surface area contributed by atoms with Crippen LogP contribution in [0.5, 0.6) is 17.2 Å². The van der Waals surface area contributed by atoms with Crippen LogP contribution in [0.1, 0.15) is 24.1 Å². The lowest BCUT2D eigenvalue weighted by molar-refractivity contribution is 0.323. The van der Waals surface area contributed by atoms with Crippen molar-refractivity contribution in [3.8, 4) is 17.2 Å². The Morgan fingerprint density at radius 2 is 1.58 bits per heavy atom. The van der Waals surface area contributed by atoms with Gasteiger partial charge in [-0.25, -0.2) is 8.78 Å². The smallest absolute Gasteiger partial charge is 0.203 e. The van der Waals surface area contributed by atoms with E-state index in [1.54, 1.807) is 14.2 Å². The van der Waals surface area contributed by atoms with Crippen molar-refractivity contribution in [1.82, 2.24) is 5.32 Å². The van der Waals surface area contributed by atoms with E-state index in [0.717, 1.165) is 11.6 Å². The van der Waals surface area contributed by atoms with Crippen molar-refractivity contribution < 1.29 is 23.0 Å². The first-order chi connectivity index (χ1) is 11.5. The molecular formula is C18H21F2NO3. The fourth-order valence-electron chi connectivity index (χ4n) is 2.47. The second-order valence-corrected chi connectivity index (χ2v) is 5.30. The molecule has 0 spiro atoms. The molecule has 0 radical (unpaired) electrons. The minimum absolute atomic E-state index is 0.287. The second kappa shape index (κ2) is 7.97. The third-order valence-corrected chi connectivity index (χ3v) is 3.77. The Kier molecular flexibility index (Phi) is 5.98. The molecule has 0 saturated heterocycles. The van der Waals surface area contributed by atoms with E-state index in [1.165, 1.54) is 19.2 Å². The van der Waals surface area contributed by atoms with Crippen molar-refractivity contribution in [3.63, 3.8) is 0 Å². The first kappa shape index (κ1) is 18.0. The fraction of sp³-hybridized carbons (Fsp3) is 0.333. The van der Waals surface area contributed by atoms with Gasteiger partial charge in [0, 0.05) is 24.2 Å². The maximum atomic E-state index is 13.8. The molecule has 0 aliphatic heterocycles. The van der Waals surface area contributed by atoms with Gasteiger partial charge in [0.25, 0.3) is 0 Å². The summed E-state index contributed by atoms with van der Waals surface area (Å²) in [7, 11) is 4.63. The van der Waals surface area contributed by atoms with Crippen LogP contribution < -0.4 is 19.5 Å². The number of ether oxygens (including phenoxy) is 3. The van der Waals surface area contributed by atoms with Crippen LogP contribution in [0, 0.1) is 11.6 Å². The van der Waals surface area contributed by atoms with Crippen LogP contribution >= 0.6 is 0 Å². The van der Waals surface area contributed by atoms with Gasteiger partial charge in [-0.2, -0.15) is 0 Å². The number of nitrogens with one attached hydrogen (secondary N) is 1. The number of benzene rings is 2. The summed E-state index contributed by atoms with van der Waals surface area (Å²) in [4.78, 5) is 0. The molecule has 4 nitrogen and oxygen atoms in total. The Bertz CT molecular complexity index is 682. The Labute approximate surface area is 140 Å². The number of methoxy groups -OCH3 is 3. The molecule has 0 amide bonds. The molecule has 0 heterocycles. The van der Waals surface area contributed by atoms with Crippen LogP contribution in [0.4, 0.5) is 8.78 Å². The molecule has 1 N–H and O–H groups in total. The molecule has 0 aliphatic rings. The molecule has 0 bridgehead atoms. The van der Waals surface area contributed by atoms with Crippen molar-refractivity contribution in [2.45, 2.75) is 19.5 Å². The monoisotopic (exact) mass is 337 g/mol. The summed E-state index contributed by atoms with van der Waals surface area (Å²) in [5, 5.41) is 3.20. The highest BCUT2D eigenvalue weighted by Crippen LogP contribution is 2.38. The predicted octanol–water partition coefficient (Wildman–Crippen LogP) is 3.84. The van der Waals surface area contributed by atoms with E-state index in [-0.39, 0.29) is 6.04 Å². The molecule has 6 heteroatoms. The lowest BCUT2D eigenvalue weighted by Gasteiger charge is -2.17. The van der Waals surface area contributed by atoms with Crippen molar-refractivity contribution in [3.05, 3.63) is 53.1 Å². The molecular weight excluding hydrogens is 316 g/mol. The quantitative estimate of drug-likeness (QED) is 0.833. The Morgan fingerprint density at radius 1 is 0.958 bits per heavy atom. The summed E-state index contributed by atoms with van der Waals surface area (Å²) >= 11 is 0. The van der Waals surface area contributed by atoms with E-state index in [2.05, 4.69) is 5.32 Å². The van der Waals surface area contributed by atoms with Crippen molar-refractivity contribution in [2.75, 3.05) is 21.3 Å². The molecule has 2 aromatic carbocycles. The minimum Gasteiger partial charge on any atom is -0.493 e. The van der Waals surface area contributed by atoms with Crippen molar-refractivity contribution in [2.24, 2.45) is 0 Å². The first-order valence-corrected chi connectivity index (χ1v) is 7.47. The predicted molar refractivity (Wildman–Crippen MR) is 87.7 cm³/mol. The van der Waals surface area contributed by atoms with Gasteiger partial charge in [0.05, 0.1) is 21.3 Å². The Hall–Kier alpha value is -2.34. The van der Waals surface area contributed by atoms with E-state index in [1.807, 2.05) is 19.1 Å². The van der Waals surface area contributed by atoms with Crippen molar-refractivity contribution >= 4 is 0 Å². The summed E-state index contributed by atoms with van der Waals surface area (Å²) in [6.45, 7) is 2.27. The largest absolute Gasteiger partial charge is 0.493 e. The summed E-state index contributed by atoms with van der Waals surface area (Å²) in [5.41, 5.74) is 1.29. The fourth-order valence-corrected chi connectivity index (χ4v) is 2.47. The van der Waals surface area contributed by atoms with Crippen LogP contribution in [-0.4, -0.2) is 21.3 Å². The number of hydrogen-bond donors (Lipinski definition) is 1. The van der Waals surface area contributed by atoms with Crippen LogP contribution in [-0.2, 0) is 6.54 Å². The average molecular weight is 337 g/mol. The topological polar surface area (TPSA) is 39.7 Å². The van der Waals surface area contributed by atoms with Gasteiger partial charge in [0.1, 0.15) is 11.6 Å². The van der Waals surface area contributed by atoms with E-state index >= 15 is 0 Å². The van der Waals surface area contributed by atoms with Gasteiger partial charge >= 0.3 is 0 Å². The summed E-state index contributed by atoms with van der Waals surface area (Å²) < 4.78 is 42.7. The second-order valence-electron chi connectivity index (χ2n) is 5.30. The zero-order chi connectivity index (χ0) is 17.7. The molecule has 2 aromatic rings. The van der Waals surface area contributed by atoms with Crippen LogP contribution in [0.3, 0.4) is 0 Å². The van der Waals surface area contributed by atoms with E-state index in [4.69, 9.17) is 14.2 Å². The van der Waals surface area contributed by atoms with E-state index in [9.17, 15) is 8.78 Å². The number of hydrogen-bond acceptors (Lipinski definition) is 4.